The first kappa shape index (κ1) is 18.5. The van der Waals surface area contributed by atoms with Crippen LogP contribution in [-0.2, 0) is 27.6 Å². The number of rotatable bonds is 4. The zero-order chi connectivity index (χ0) is 18.9. The Hall–Kier alpha value is -2.28. The Morgan fingerprint density at radius 1 is 1.08 bits per heavy atom. The largest absolute Gasteiger partial charge is 0.337 e. The Kier molecular flexibility index (Phi) is 5.09. The molecule has 1 aliphatic rings. The maximum Gasteiger partial charge on any atom is 0.238 e. The van der Waals surface area contributed by atoms with E-state index < -0.39 is 43.9 Å². The molecule has 4 nitrogen and oxygen atoms in total. The van der Waals surface area contributed by atoms with Crippen LogP contribution in [0.4, 0.5) is 8.78 Å². The molecule has 26 heavy (non-hydrogen) atoms. The van der Waals surface area contributed by atoms with Gasteiger partial charge in [0.05, 0.1) is 5.25 Å². The second-order valence-electron chi connectivity index (χ2n) is 6.42. The number of hydrogen-bond donors (Lipinski definition) is 0. The van der Waals surface area contributed by atoms with Gasteiger partial charge in [0.2, 0.25) is 5.91 Å². The van der Waals surface area contributed by atoms with Crippen LogP contribution in [0.5, 0.6) is 0 Å². The van der Waals surface area contributed by atoms with Gasteiger partial charge in [-0.1, -0.05) is 30.3 Å². The molecular formula is C19H19F2NO3S. The summed E-state index contributed by atoms with van der Waals surface area (Å²) in [6, 6.07) is 10.9. The molecule has 0 N–H and O–H groups in total. The van der Waals surface area contributed by atoms with Gasteiger partial charge in [-0.2, -0.15) is 0 Å². The van der Waals surface area contributed by atoms with Gasteiger partial charge in [-0.05, 0) is 36.6 Å². The summed E-state index contributed by atoms with van der Waals surface area (Å²) in [5.41, 5.74) is 1.60. The molecule has 0 bridgehead atoms. The third kappa shape index (κ3) is 3.62. The van der Waals surface area contributed by atoms with E-state index in [1.807, 2.05) is 24.3 Å². The average molecular weight is 379 g/mol. The van der Waals surface area contributed by atoms with Crippen LogP contribution in [0.2, 0.25) is 0 Å². The second kappa shape index (κ2) is 7.15. The molecule has 0 aliphatic carbocycles. The van der Waals surface area contributed by atoms with Gasteiger partial charge >= 0.3 is 0 Å². The number of halogens is 2. The molecule has 7 heteroatoms. The third-order valence-corrected chi connectivity index (χ3v) is 6.72. The molecule has 1 atom stereocenters. The van der Waals surface area contributed by atoms with Gasteiger partial charge in [-0.25, -0.2) is 17.2 Å². The van der Waals surface area contributed by atoms with Gasteiger partial charge in [0, 0.05) is 18.7 Å². The summed E-state index contributed by atoms with van der Waals surface area (Å²) >= 11 is 0. The highest BCUT2D eigenvalue weighted by Crippen LogP contribution is 2.28. The van der Waals surface area contributed by atoms with E-state index >= 15 is 0 Å². The lowest BCUT2D eigenvalue weighted by atomic mass is 10.00. The van der Waals surface area contributed by atoms with Crippen LogP contribution in [0.1, 0.15) is 28.9 Å². The molecule has 1 amide bonds. The van der Waals surface area contributed by atoms with Crippen molar-refractivity contribution >= 4 is 15.7 Å². The molecule has 1 heterocycles. The third-order valence-electron chi connectivity index (χ3n) is 4.75. The second-order valence-corrected chi connectivity index (χ2v) is 8.74. The minimum absolute atomic E-state index is 0.340. The fraction of sp³-hybridized carbons (Fsp3) is 0.316. The normalized spacial score (nSPS) is 15.4. The van der Waals surface area contributed by atoms with Crippen molar-refractivity contribution in [2.24, 2.45) is 0 Å². The summed E-state index contributed by atoms with van der Waals surface area (Å²) in [4.78, 5) is 14.0. The van der Waals surface area contributed by atoms with Gasteiger partial charge in [-0.15, -0.1) is 0 Å². The molecule has 2 aromatic rings. The fourth-order valence-corrected chi connectivity index (χ4v) is 4.54. The topological polar surface area (TPSA) is 54.5 Å². The first-order chi connectivity index (χ1) is 12.3. The monoisotopic (exact) mass is 379 g/mol. The van der Waals surface area contributed by atoms with E-state index in [9.17, 15) is 22.0 Å². The molecule has 2 aromatic carbocycles. The number of amides is 1. The zero-order valence-electron chi connectivity index (χ0n) is 14.3. The molecule has 3 rings (SSSR count). The lowest BCUT2D eigenvalue weighted by Gasteiger charge is -2.29. The Balaban J connectivity index is 1.76. The average Bonchev–Trinajstić information content (AvgIpc) is 2.60. The number of nitrogens with zero attached hydrogens (tertiary/aromatic N) is 1. The van der Waals surface area contributed by atoms with Gasteiger partial charge in [0.15, 0.2) is 9.84 Å². The van der Waals surface area contributed by atoms with E-state index in [1.165, 1.54) is 17.9 Å². The van der Waals surface area contributed by atoms with Gasteiger partial charge in [0.1, 0.15) is 17.4 Å². The molecular weight excluding hydrogens is 360 g/mol. The SMILES string of the molecule is CC(c1c(F)cccc1F)S(=O)(=O)CC(=O)N1CCc2ccccc2C1. The molecule has 0 aromatic heterocycles. The molecule has 0 spiro atoms. The number of fused-ring (bicyclic) bond motifs is 1. The summed E-state index contributed by atoms with van der Waals surface area (Å²) in [5.74, 6) is -3.19. The van der Waals surface area contributed by atoms with Crippen LogP contribution in [0, 0.1) is 11.6 Å². The van der Waals surface area contributed by atoms with Crippen molar-refractivity contribution in [1.29, 1.82) is 0 Å². The Labute approximate surface area is 151 Å². The van der Waals surface area contributed by atoms with E-state index in [-0.39, 0.29) is 0 Å². The molecule has 0 saturated heterocycles. The molecule has 138 valence electrons. The quantitative estimate of drug-likeness (QED) is 0.821. The number of benzene rings is 2. The van der Waals surface area contributed by atoms with E-state index in [0.717, 1.165) is 23.3 Å². The predicted octanol–water partition coefficient (Wildman–Crippen LogP) is 3.03. The van der Waals surface area contributed by atoms with Crippen LogP contribution in [0.15, 0.2) is 42.5 Å². The summed E-state index contributed by atoms with van der Waals surface area (Å²) in [6.45, 7) is 1.97. The van der Waals surface area contributed by atoms with Gasteiger partial charge in [-0.3, -0.25) is 4.79 Å². The highest BCUT2D eigenvalue weighted by Gasteiger charge is 2.32. The summed E-state index contributed by atoms with van der Waals surface area (Å²) in [6.07, 6.45) is 0.652. The first-order valence-electron chi connectivity index (χ1n) is 8.29. The van der Waals surface area contributed by atoms with E-state index in [1.54, 1.807) is 0 Å². The maximum atomic E-state index is 13.9. The van der Waals surface area contributed by atoms with Crippen LogP contribution in [0.3, 0.4) is 0 Å². The summed E-state index contributed by atoms with van der Waals surface area (Å²) in [5, 5.41) is -1.44. The number of sulfone groups is 1. The van der Waals surface area contributed by atoms with Crippen molar-refractivity contribution < 1.29 is 22.0 Å². The molecule has 0 radical (unpaired) electrons. The summed E-state index contributed by atoms with van der Waals surface area (Å²) in [7, 11) is -4.06. The predicted molar refractivity (Wildman–Crippen MR) is 94.1 cm³/mol. The van der Waals surface area contributed by atoms with E-state index in [0.29, 0.717) is 19.5 Å². The standard InChI is InChI=1S/C19H19F2NO3S/c1-13(19-16(20)7-4-8-17(19)21)26(24,25)12-18(23)22-10-9-14-5-2-3-6-15(14)11-22/h2-8,13H,9-12H2,1H3. The fourth-order valence-electron chi connectivity index (χ4n) is 3.18. The molecule has 0 fully saturated rings. The van der Waals surface area contributed by atoms with Crippen LogP contribution in [-0.4, -0.2) is 31.5 Å². The Bertz CT molecular complexity index is 923. The number of hydrogen-bond acceptors (Lipinski definition) is 3. The molecule has 0 saturated carbocycles. The first-order valence-corrected chi connectivity index (χ1v) is 10.0. The van der Waals surface area contributed by atoms with Crippen molar-refractivity contribution in [3.63, 3.8) is 0 Å². The van der Waals surface area contributed by atoms with Crippen molar-refractivity contribution in [2.45, 2.75) is 25.1 Å². The Morgan fingerprint density at radius 3 is 2.35 bits per heavy atom. The smallest absolute Gasteiger partial charge is 0.238 e. The number of carbonyl (C=O) groups excluding carboxylic acids is 1. The number of carbonyl (C=O) groups is 1. The van der Waals surface area contributed by atoms with Crippen LogP contribution in [0.25, 0.3) is 0 Å². The van der Waals surface area contributed by atoms with Crippen molar-refractivity contribution in [3.05, 3.63) is 70.8 Å². The minimum atomic E-state index is -4.06. The lowest BCUT2D eigenvalue weighted by molar-refractivity contribution is -0.129. The highest BCUT2D eigenvalue weighted by molar-refractivity contribution is 7.92. The summed E-state index contributed by atoms with van der Waals surface area (Å²) < 4.78 is 52.9. The minimum Gasteiger partial charge on any atom is -0.337 e. The van der Waals surface area contributed by atoms with Crippen LogP contribution >= 0.6 is 0 Å². The maximum absolute atomic E-state index is 13.9. The van der Waals surface area contributed by atoms with Crippen molar-refractivity contribution in [3.8, 4) is 0 Å². The van der Waals surface area contributed by atoms with E-state index in [4.69, 9.17) is 0 Å². The molecule has 1 aliphatic heterocycles. The van der Waals surface area contributed by atoms with Crippen molar-refractivity contribution in [1.82, 2.24) is 4.90 Å². The Morgan fingerprint density at radius 2 is 1.69 bits per heavy atom. The molecule has 1 unspecified atom stereocenters. The lowest BCUT2D eigenvalue weighted by Crippen LogP contribution is -2.40. The van der Waals surface area contributed by atoms with Crippen molar-refractivity contribution in [2.75, 3.05) is 12.3 Å². The highest BCUT2D eigenvalue weighted by atomic mass is 32.2. The van der Waals surface area contributed by atoms with Crippen LogP contribution < -0.4 is 0 Å². The zero-order valence-corrected chi connectivity index (χ0v) is 15.1. The van der Waals surface area contributed by atoms with Gasteiger partial charge in [0.25, 0.3) is 0 Å². The van der Waals surface area contributed by atoms with Gasteiger partial charge < -0.3 is 4.90 Å². The van der Waals surface area contributed by atoms with E-state index in [2.05, 4.69) is 0 Å².